The van der Waals surface area contributed by atoms with Crippen molar-refractivity contribution in [3.8, 4) is 22.9 Å². The zero-order chi connectivity index (χ0) is 20.1. The zero-order valence-corrected chi connectivity index (χ0v) is 16.8. The molecule has 0 bridgehead atoms. The van der Waals surface area contributed by atoms with Gasteiger partial charge in [0.2, 0.25) is 11.1 Å². The first-order chi connectivity index (χ1) is 13.5. The average molecular weight is 420 g/mol. The van der Waals surface area contributed by atoms with Crippen LogP contribution in [0.2, 0.25) is 5.02 Å². The normalized spacial score (nSPS) is 10.5. The first kappa shape index (κ1) is 19.8. The maximum Gasteiger partial charge on any atom is 0.234 e. The number of benzene rings is 2. The molecular weight excluding hydrogens is 402 g/mol. The average Bonchev–Trinajstić information content (AvgIpc) is 3.08. The van der Waals surface area contributed by atoms with Gasteiger partial charge in [-0.2, -0.15) is 0 Å². The molecule has 3 rings (SSSR count). The molecule has 0 aliphatic carbocycles. The predicted octanol–water partition coefficient (Wildman–Crippen LogP) is 3.06. The van der Waals surface area contributed by atoms with E-state index >= 15 is 0 Å². The van der Waals surface area contributed by atoms with Crippen LogP contribution in [0, 0.1) is 0 Å². The Kier molecular flexibility index (Phi) is 6.27. The molecule has 2 aromatic carbocycles. The maximum absolute atomic E-state index is 12.1. The summed E-state index contributed by atoms with van der Waals surface area (Å²) in [6.07, 6.45) is 0. The summed E-state index contributed by atoms with van der Waals surface area (Å²) in [5.41, 5.74) is 1.38. The smallest absolute Gasteiger partial charge is 0.234 e. The van der Waals surface area contributed by atoms with Crippen molar-refractivity contribution < 1.29 is 14.3 Å². The van der Waals surface area contributed by atoms with Crippen molar-refractivity contribution in [3.63, 3.8) is 0 Å². The maximum atomic E-state index is 12.1. The van der Waals surface area contributed by atoms with Crippen molar-refractivity contribution in [1.82, 2.24) is 14.9 Å². The fraction of sp³-hybridized carbons (Fsp3) is 0.167. The topological polar surface area (TPSA) is 104 Å². The van der Waals surface area contributed by atoms with Crippen LogP contribution >= 0.6 is 23.4 Å². The molecule has 1 amide bonds. The summed E-state index contributed by atoms with van der Waals surface area (Å²) >= 11 is 7.01. The molecule has 10 heteroatoms. The Balaban J connectivity index is 1.67. The summed E-state index contributed by atoms with van der Waals surface area (Å²) in [5.74, 6) is 7.64. The van der Waals surface area contributed by atoms with Crippen molar-refractivity contribution in [1.29, 1.82) is 0 Å². The Morgan fingerprint density at radius 3 is 2.54 bits per heavy atom. The highest BCUT2D eigenvalue weighted by Gasteiger charge is 2.16. The molecule has 0 aliphatic heterocycles. The Hall–Kier alpha value is -2.91. The SMILES string of the molecule is COc1ccc(-c2nnc(SCC(=O)Nc3ccc(Cl)cc3)n2N)cc1OC. The number of nitrogens with zero attached hydrogens (tertiary/aromatic N) is 3. The molecule has 0 fully saturated rings. The van der Waals surface area contributed by atoms with Gasteiger partial charge in [0.15, 0.2) is 17.3 Å². The van der Waals surface area contributed by atoms with Crippen LogP contribution in [0.3, 0.4) is 0 Å². The molecule has 1 aromatic heterocycles. The number of nitrogens with one attached hydrogen (secondary N) is 1. The molecule has 0 aliphatic rings. The van der Waals surface area contributed by atoms with E-state index in [0.717, 1.165) is 0 Å². The van der Waals surface area contributed by atoms with Crippen molar-refractivity contribution in [2.24, 2.45) is 0 Å². The number of halogens is 1. The number of thioether (sulfide) groups is 1. The first-order valence-electron chi connectivity index (χ1n) is 8.13. The van der Waals surface area contributed by atoms with E-state index in [9.17, 15) is 4.79 Å². The summed E-state index contributed by atoms with van der Waals surface area (Å²) in [6, 6.07) is 12.2. The number of aromatic nitrogens is 3. The van der Waals surface area contributed by atoms with Crippen LogP contribution in [0.1, 0.15) is 0 Å². The number of ether oxygens (including phenoxy) is 2. The Labute approximate surface area is 171 Å². The third-order valence-electron chi connectivity index (χ3n) is 3.77. The van der Waals surface area contributed by atoms with E-state index in [1.54, 1.807) is 56.7 Å². The van der Waals surface area contributed by atoms with Crippen LogP contribution in [0.5, 0.6) is 11.5 Å². The number of anilines is 1. The van der Waals surface area contributed by atoms with Gasteiger partial charge in [0.25, 0.3) is 0 Å². The minimum Gasteiger partial charge on any atom is -0.493 e. The van der Waals surface area contributed by atoms with Crippen LogP contribution in [0.15, 0.2) is 47.6 Å². The standard InChI is InChI=1S/C18H18ClN5O3S/c1-26-14-8-3-11(9-15(14)27-2)17-22-23-18(24(17)20)28-10-16(25)21-13-6-4-12(19)5-7-13/h3-9H,10,20H2,1-2H3,(H,21,25). The van der Waals surface area contributed by atoms with Crippen LogP contribution in [-0.2, 0) is 4.79 Å². The minimum absolute atomic E-state index is 0.129. The molecule has 0 radical (unpaired) electrons. The van der Waals surface area contributed by atoms with E-state index in [4.69, 9.17) is 26.9 Å². The van der Waals surface area contributed by atoms with Gasteiger partial charge in [-0.25, -0.2) is 4.68 Å². The Bertz CT molecular complexity index is 978. The van der Waals surface area contributed by atoms with Crippen LogP contribution in [0.25, 0.3) is 11.4 Å². The number of carbonyl (C=O) groups is 1. The lowest BCUT2D eigenvalue weighted by Crippen LogP contribution is -2.16. The van der Waals surface area contributed by atoms with E-state index < -0.39 is 0 Å². The fourth-order valence-corrected chi connectivity index (χ4v) is 3.19. The fourth-order valence-electron chi connectivity index (χ4n) is 2.41. The zero-order valence-electron chi connectivity index (χ0n) is 15.2. The summed E-state index contributed by atoms with van der Waals surface area (Å²) in [4.78, 5) is 12.1. The third-order valence-corrected chi connectivity index (χ3v) is 4.96. The number of nitrogens with two attached hydrogens (primary N) is 1. The van der Waals surface area contributed by atoms with Crippen molar-refractivity contribution in [2.45, 2.75) is 5.16 Å². The Morgan fingerprint density at radius 1 is 1.14 bits per heavy atom. The highest BCUT2D eigenvalue weighted by atomic mass is 35.5. The first-order valence-corrected chi connectivity index (χ1v) is 9.49. The van der Waals surface area contributed by atoms with Crippen LogP contribution in [0.4, 0.5) is 5.69 Å². The van der Waals surface area contributed by atoms with Gasteiger partial charge in [0, 0.05) is 16.3 Å². The van der Waals surface area contributed by atoms with Gasteiger partial charge >= 0.3 is 0 Å². The number of hydrogen-bond donors (Lipinski definition) is 2. The summed E-state index contributed by atoms with van der Waals surface area (Å²) in [7, 11) is 3.11. The molecule has 0 saturated carbocycles. The molecule has 0 saturated heterocycles. The van der Waals surface area contributed by atoms with Gasteiger partial charge in [-0.3, -0.25) is 4.79 Å². The van der Waals surface area contributed by atoms with Crippen molar-refractivity contribution in [3.05, 3.63) is 47.5 Å². The molecule has 0 unspecified atom stereocenters. The Morgan fingerprint density at radius 2 is 1.86 bits per heavy atom. The van der Waals surface area contributed by atoms with E-state index in [1.165, 1.54) is 16.4 Å². The van der Waals surface area contributed by atoms with Gasteiger partial charge in [-0.05, 0) is 42.5 Å². The lowest BCUT2D eigenvalue weighted by molar-refractivity contribution is -0.113. The minimum atomic E-state index is -0.192. The lowest BCUT2D eigenvalue weighted by Gasteiger charge is -2.09. The van der Waals surface area contributed by atoms with Gasteiger partial charge in [0.05, 0.1) is 20.0 Å². The van der Waals surface area contributed by atoms with Crippen molar-refractivity contribution in [2.75, 3.05) is 31.1 Å². The molecule has 0 atom stereocenters. The van der Waals surface area contributed by atoms with Crippen LogP contribution < -0.4 is 20.6 Å². The number of methoxy groups -OCH3 is 2. The quantitative estimate of drug-likeness (QED) is 0.448. The van der Waals surface area contributed by atoms with E-state index in [0.29, 0.717) is 38.8 Å². The monoisotopic (exact) mass is 419 g/mol. The largest absolute Gasteiger partial charge is 0.493 e. The second-order valence-corrected chi connectivity index (χ2v) is 6.97. The lowest BCUT2D eigenvalue weighted by atomic mass is 10.2. The van der Waals surface area contributed by atoms with Crippen molar-refractivity contribution >= 4 is 35.0 Å². The predicted molar refractivity (Wildman–Crippen MR) is 110 cm³/mol. The van der Waals surface area contributed by atoms with Gasteiger partial charge in [-0.1, -0.05) is 23.4 Å². The molecule has 146 valence electrons. The molecular formula is C18H18ClN5O3S. The van der Waals surface area contributed by atoms with Gasteiger partial charge in [0.1, 0.15) is 0 Å². The summed E-state index contributed by atoms with van der Waals surface area (Å²) in [5, 5.41) is 12.0. The number of rotatable bonds is 7. The number of carbonyl (C=O) groups excluding carboxylic acids is 1. The molecule has 1 heterocycles. The van der Waals surface area contributed by atoms with Gasteiger partial charge < -0.3 is 20.6 Å². The molecule has 3 aromatic rings. The highest BCUT2D eigenvalue weighted by molar-refractivity contribution is 7.99. The summed E-state index contributed by atoms with van der Waals surface area (Å²) in [6.45, 7) is 0. The van der Waals surface area contributed by atoms with E-state index in [1.807, 2.05) is 0 Å². The second-order valence-electron chi connectivity index (χ2n) is 5.59. The molecule has 3 N–H and O–H groups in total. The van der Waals surface area contributed by atoms with Gasteiger partial charge in [-0.15, -0.1) is 10.2 Å². The number of nitrogen functional groups attached to an aromatic ring is 1. The number of hydrogen-bond acceptors (Lipinski definition) is 7. The molecule has 28 heavy (non-hydrogen) atoms. The summed E-state index contributed by atoms with van der Waals surface area (Å²) < 4.78 is 11.9. The number of amides is 1. The molecule has 8 nitrogen and oxygen atoms in total. The molecule has 0 spiro atoms. The van der Waals surface area contributed by atoms with Crippen LogP contribution in [-0.4, -0.2) is 40.8 Å². The second kappa shape index (κ2) is 8.85. The third kappa shape index (κ3) is 4.49. The van der Waals surface area contributed by atoms with E-state index in [2.05, 4.69) is 15.5 Å². The highest BCUT2D eigenvalue weighted by Crippen LogP contribution is 2.32. The van der Waals surface area contributed by atoms with E-state index in [-0.39, 0.29) is 11.7 Å².